The zero-order valence-electron chi connectivity index (χ0n) is 15.4. The number of halogens is 1. The highest BCUT2D eigenvalue weighted by Crippen LogP contribution is 2.26. The Morgan fingerprint density at radius 3 is 2.32 bits per heavy atom. The van der Waals surface area contributed by atoms with Crippen LogP contribution >= 0.6 is 11.6 Å². The van der Waals surface area contributed by atoms with Gasteiger partial charge in [-0.1, -0.05) is 50.8 Å². The highest BCUT2D eigenvalue weighted by molar-refractivity contribution is 6.32. The smallest absolute Gasteiger partial charge is 0.137 e. The Labute approximate surface area is 156 Å². The second-order valence-corrected chi connectivity index (χ2v) is 6.84. The minimum absolute atomic E-state index is 0.681. The van der Waals surface area contributed by atoms with Crippen molar-refractivity contribution in [3.63, 3.8) is 0 Å². The van der Waals surface area contributed by atoms with Gasteiger partial charge in [0.2, 0.25) is 0 Å². The zero-order chi connectivity index (χ0) is 17.9. The third kappa shape index (κ3) is 7.03. The highest BCUT2D eigenvalue weighted by atomic mass is 35.5. The number of nitrogens with zero attached hydrogens (tertiary/aromatic N) is 2. The van der Waals surface area contributed by atoms with E-state index in [1.54, 1.807) is 0 Å². The summed E-state index contributed by atoms with van der Waals surface area (Å²) in [6.45, 7) is 5.08. The average molecular weight is 361 g/mol. The standard InChI is InChI=1S/C21H29ClN2O/c1-3-5-7-8-18-15-23-21(24-16-18)12-10-17-9-11-20(19(22)14-17)25-13-6-4-2/h9,11,14-16H,3-8,10,12-13H2,1-2H3. The lowest BCUT2D eigenvalue weighted by atomic mass is 10.1. The van der Waals surface area contributed by atoms with E-state index in [9.17, 15) is 0 Å². The lowest BCUT2D eigenvalue weighted by molar-refractivity contribution is 0.309. The van der Waals surface area contributed by atoms with Gasteiger partial charge in [-0.3, -0.25) is 0 Å². The number of unbranched alkanes of at least 4 members (excludes halogenated alkanes) is 3. The zero-order valence-corrected chi connectivity index (χ0v) is 16.2. The number of benzene rings is 1. The van der Waals surface area contributed by atoms with Crippen molar-refractivity contribution < 1.29 is 4.74 Å². The summed E-state index contributed by atoms with van der Waals surface area (Å²) in [5.74, 6) is 1.66. The molecule has 0 radical (unpaired) electrons. The van der Waals surface area contributed by atoms with Crippen molar-refractivity contribution in [1.82, 2.24) is 9.97 Å². The van der Waals surface area contributed by atoms with Gasteiger partial charge in [0.15, 0.2) is 0 Å². The van der Waals surface area contributed by atoms with Crippen LogP contribution in [0.15, 0.2) is 30.6 Å². The van der Waals surface area contributed by atoms with E-state index in [-0.39, 0.29) is 0 Å². The molecule has 0 aliphatic heterocycles. The highest BCUT2D eigenvalue weighted by Gasteiger charge is 2.05. The molecule has 0 saturated heterocycles. The summed E-state index contributed by atoms with van der Waals surface area (Å²) in [5, 5.41) is 0.681. The Hall–Kier alpha value is -1.61. The van der Waals surface area contributed by atoms with Crippen LogP contribution in [-0.4, -0.2) is 16.6 Å². The van der Waals surface area contributed by atoms with Crippen LogP contribution in [0.5, 0.6) is 5.75 Å². The Balaban J connectivity index is 1.83. The van der Waals surface area contributed by atoms with Gasteiger partial charge in [-0.2, -0.15) is 0 Å². The lowest BCUT2D eigenvalue weighted by Gasteiger charge is -2.09. The molecule has 0 N–H and O–H groups in total. The predicted octanol–water partition coefficient (Wildman–Crippen LogP) is 5.83. The SMILES string of the molecule is CCCCCc1cnc(CCc2ccc(OCCCC)c(Cl)c2)nc1. The maximum Gasteiger partial charge on any atom is 0.137 e. The topological polar surface area (TPSA) is 35.0 Å². The molecular formula is C21H29ClN2O. The van der Waals surface area contributed by atoms with E-state index < -0.39 is 0 Å². The molecular weight excluding hydrogens is 332 g/mol. The van der Waals surface area contributed by atoms with Gasteiger partial charge in [0.05, 0.1) is 11.6 Å². The molecule has 0 unspecified atom stereocenters. The molecule has 0 spiro atoms. The van der Waals surface area contributed by atoms with Gasteiger partial charge in [0.25, 0.3) is 0 Å². The second-order valence-electron chi connectivity index (χ2n) is 6.43. The number of rotatable bonds is 11. The third-order valence-corrected chi connectivity index (χ3v) is 4.51. The summed E-state index contributed by atoms with van der Waals surface area (Å²) in [4.78, 5) is 8.99. The van der Waals surface area contributed by atoms with Crippen molar-refractivity contribution in [2.24, 2.45) is 0 Å². The Bertz CT molecular complexity index is 628. The summed E-state index contributed by atoms with van der Waals surface area (Å²) in [6, 6.07) is 6.03. The van der Waals surface area contributed by atoms with Crippen LogP contribution in [0, 0.1) is 0 Å². The maximum absolute atomic E-state index is 6.32. The van der Waals surface area contributed by atoms with Crippen LogP contribution in [0.3, 0.4) is 0 Å². The van der Waals surface area contributed by atoms with Gasteiger partial charge in [-0.25, -0.2) is 9.97 Å². The quantitative estimate of drug-likeness (QED) is 0.473. The summed E-state index contributed by atoms with van der Waals surface area (Å²) in [7, 11) is 0. The van der Waals surface area contributed by atoms with E-state index in [1.807, 2.05) is 24.5 Å². The molecule has 2 aromatic rings. The van der Waals surface area contributed by atoms with E-state index in [0.29, 0.717) is 11.6 Å². The first-order chi connectivity index (χ1) is 12.2. The van der Waals surface area contributed by atoms with Gasteiger partial charge < -0.3 is 4.74 Å². The van der Waals surface area contributed by atoms with Crippen LogP contribution in [0.4, 0.5) is 0 Å². The van der Waals surface area contributed by atoms with Crippen molar-refractivity contribution in [3.8, 4) is 5.75 Å². The fourth-order valence-electron chi connectivity index (χ4n) is 2.62. The van der Waals surface area contributed by atoms with Gasteiger partial charge in [0, 0.05) is 18.8 Å². The molecule has 0 bridgehead atoms. The lowest BCUT2D eigenvalue weighted by Crippen LogP contribution is -2.00. The van der Waals surface area contributed by atoms with Crippen molar-refractivity contribution in [3.05, 3.63) is 52.6 Å². The van der Waals surface area contributed by atoms with Gasteiger partial charge >= 0.3 is 0 Å². The number of aromatic nitrogens is 2. The number of hydrogen-bond acceptors (Lipinski definition) is 3. The Morgan fingerprint density at radius 1 is 0.880 bits per heavy atom. The van der Waals surface area contributed by atoms with Crippen LogP contribution in [0.25, 0.3) is 0 Å². The average Bonchev–Trinajstić information content (AvgIpc) is 2.63. The van der Waals surface area contributed by atoms with Crippen molar-refractivity contribution in [2.45, 2.75) is 65.2 Å². The van der Waals surface area contributed by atoms with E-state index >= 15 is 0 Å². The molecule has 1 heterocycles. The van der Waals surface area contributed by atoms with E-state index in [1.165, 1.54) is 30.4 Å². The molecule has 4 heteroatoms. The molecule has 0 aliphatic rings. The fourth-order valence-corrected chi connectivity index (χ4v) is 2.88. The van der Waals surface area contributed by atoms with Crippen LogP contribution in [0.1, 0.15) is 62.9 Å². The molecule has 25 heavy (non-hydrogen) atoms. The first kappa shape index (κ1) is 19.7. The third-order valence-electron chi connectivity index (χ3n) is 4.22. The monoisotopic (exact) mass is 360 g/mol. The van der Waals surface area contributed by atoms with Gasteiger partial charge in [0.1, 0.15) is 11.6 Å². The summed E-state index contributed by atoms with van der Waals surface area (Å²) < 4.78 is 5.69. The summed E-state index contributed by atoms with van der Waals surface area (Å²) >= 11 is 6.32. The fraction of sp³-hybridized carbons (Fsp3) is 0.524. The first-order valence-electron chi connectivity index (χ1n) is 9.44. The molecule has 0 saturated carbocycles. The molecule has 1 aromatic heterocycles. The molecule has 0 fully saturated rings. The Kier molecular flexibility index (Phi) is 8.75. The van der Waals surface area contributed by atoms with Gasteiger partial charge in [-0.05, 0) is 48.9 Å². The minimum Gasteiger partial charge on any atom is -0.492 e. The van der Waals surface area contributed by atoms with Crippen molar-refractivity contribution in [2.75, 3.05) is 6.61 Å². The second kappa shape index (κ2) is 11.1. The molecule has 3 nitrogen and oxygen atoms in total. The van der Waals surface area contributed by atoms with E-state index in [0.717, 1.165) is 43.7 Å². The van der Waals surface area contributed by atoms with E-state index in [2.05, 4.69) is 29.9 Å². The van der Waals surface area contributed by atoms with Gasteiger partial charge in [-0.15, -0.1) is 0 Å². The van der Waals surface area contributed by atoms with Crippen molar-refractivity contribution >= 4 is 11.6 Å². The molecule has 0 amide bonds. The minimum atomic E-state index is 0.681. The van der Waals surface area contributed by atoms with E-state index in [4.69, 9.17) is 16.3 Å². The maximum atomic E-state index is 6.32. The number of hydrogen-bond donors (Lipinski definition) is 0. The van der Waals surface area contributed by atoms with Crippen molar-refractivity contribution in [1.29, 1.82) is 0 Å². The normalized spacial score (nSPS) is 10.8. The molecule has 0 atom stereocenters. The summed E-state index contributed by atoms with van der Waals surface area (Å²) in [5.41, 5.74) is 2.41. The Morgan fingerprint density at radius 2 is 1.64 bits per heavy atom. The molecule has 0 aliphatic carbocycles. The first-order valence-corrected chi connectivity index (χ1v) is 9.81. The van der Waals surface area contributed by atoms with Crippen LogP contribution in [-0.2, 0) is 19.3 Å². The van der Waals surface area contributed by atoms with Crippen LogP contribution in [0.2, 0.25) is 5.02 Å². The molecule has 2 rings (SSSR count). The molecule has 1 aromatic carbocycles. The number of aryl methyl sites for hydroxylation is 3. The summed E-state index contributed by atoms with van der Waals surface area (Å²) in [6.07, 6.45) is 12.6. The van der Waals surface area contributed by atoms with Crippen LogP contribution < -0.4 is 4.74 Å². The number of ether oxygens (including phenoxy) is 1. The molecule has 136 valence electrons. The predicted molar refractivity (Wildman–Crippen MR) is 105 cm³/mol. The largest absolute Gasteiger partial charge is 0.492 e.